The summed E-state index contributed by atoms with van der Waals surface area (Å²) in [5, 5.41) is 2.90. The molecular weight excluding hydrogens is 444 g/mol. The standard InChI is InChI=1S/C20H23BrN2O4S/c1-2-27-18-7-9-19(10-8-18)28(25,26)23-13-11-15(12-14-23)20(24)22-17-5-3-16(21)4-6-17/h3-10,15H,2,11-14H2,1H3,(H,22,24). The van der Waals surface area contributed by atoms with Crippen molar-refractivity contribution in [3.63, 3.8) is 0 Å². The van der Waals surface area contributed by atoms with Crippen molar-refractivity contribution in [1.29, 1.82) is 0 Å². The van der Waals surface area contributed by atoms with Crippen molar-refractivity contribution in [2.75, 3.05) is 25.0 Å². The lowest BCUT2D eigenvalue weighted by molar-refractivity contribution is -0.120. The number of anilines is 1. The minimum atomic E-state index is -3.57. The fourth-order valence-electron chi connectivity index (χ4n) is 3.16. The van der Waals surface area contributed by atoms with Crippen LogP contribution in [-0.2, 0) is 14.8 Å². The highest BCUT2D eigenvalue weighted by Gasteiger charge is 2.32. The van der Waals surface area contributed by atoms with Gasteiger partial charge in [-0.3, -0.25) is 4.79 Å². The third-order valence-electron chi connectivity index (χ3n) is 4.71. The molecule has 2 aromatic rings. The third kappa shape index (κ3) is 4.92. The van der Waals surface area contributed by atoms with E-state index in [1.165, 1.54) is 4.31 Å². The van der Waals surface area contributed by atoms with E-state index >= 15 is 0 Å². The predicted octanol–water partition coefficient (Wildman–Crippen LogP) is 3.89. The highest BCUT2D eigenvalue weighted by Crippen LogP contribution is 2.26. The second kappa shape index (κ2) is 9.07. The fourth-order valence-corrected chi connectivity index (χ4v) is 4.89. The molecule has 1 N–H and O–H groups in total. The van der Waals surface area contributed by atoms with Crippen LogP contribution in [0.1, 0.15) is 19.8 Å². The van der Waals surface area contributed by atoms with Crippen LogP contribution in [0.2, 0.25) is 0 Å². The second-order valence-electron chi connectivity index (χ2n) is 6.58. The second-order valence-corrected chi connectivity index (χ2v) is 9.43. The number of piperidine rings is 1. The van der Waals surface area contributed by atoms with Crippen molar-refractivity contribution in [1.82, 2.24) is 4.31 Å². The Hall–Kier alpha value is -1.90. The fraction of sp³-hybridized carbons (Fsp3) is 0.350. The van der Waals surface area contributed by atoms with Crippen molar-refractivity contribution in [2.24, 2.45) is 5.92 Å². The van der Waals surface area contributed by atoms with Gasteiger partial charge in [-0.25, -0.2) is 8.42 Å². The van der Waals surface area contributed by atoms with E-state index < -0.39 is 10.0 Å². The van der Waals surface area contributed by atoms with Gasteiger partial charge in [-0.05, 0) is 68.3 Å². The summed E-state index contributed by atoms with van der Waals surface area (Å²) in [6, 6.07) is 13.8. The Bertz CT molecular complexity index is 906. The van der Waals surface area contributed by atoms with Crippen LogP contribution in [0.3, 0.4) is 0 Å². The van der Waals surface area contributed by atoms with Crippen LogP contribution in [0.25, 0.3) is 0 Å². The zero-order valence-electron chi connectivity index (χ0n) is 15.6. The maximum atomic E-state index is 12.8. The van der Waals surface area contributed by atoms with Crippen molar-refractivity contribution in [2.45, 2.75) is 24.7 Å². The van der Waals surface area contributed by atoms with Gasteiger partial charge >= 0.3 is 0 Å². The average Bonchev–Trinajstić information content (AvgIpc) is 2.70. The molecule has 1 heterocycles. The van der Waals surface area contributed by atoms with Gasteiger partial charge in [0.05, 0.1) is 11.5 Å². The van der Waals surface area contributed by atoms with E-state index in [4.69, 9.17) is 4.74 Å². The molecule has 0 bridgehead atoms. The number of halogens is 1. The first-order valence-electron chi connectivity index (χ1n) is 9.19. The minimum absolute atomic E-state index is 0.0690. The zero-order chi connectivity index (χ0) is 20.1. The Morgan fingerprint density at radius 3 is 2.29 bits per heavy atom. The maximum absolute atomic E-state index is 12.8. The van der Waals surface area contributed by atoms with Gasteiger partial charge in [-0.15, -0.1) is 0 Å². The smallest absolute Gasteiger partial charge is 0.243 e. The van der Waals surface area contributed by atoms with Crippen LogP contribution in [0.15, 0.2) is 57.9 Å². The zero-order valence-corrected chi connectivity index (χ0v) is 18.0. The van der Waals surface area contributed by atoms with Crippen molar-refractivity contribution < 1.29 is 17.9 Å². The number of carbonyl (C=O) groups excluding carboxylic acids is 1. The van der Waals surface area contributed by atoms with Gasteiger partial charge in [0.25, 0.3) is 0 Å². The first-order valence-corrected chi connectivity index (χ1v) is 11.4. The van der Waals surface area contributed by atoms with Gasteiger partial charge in [-0.1, -0.05) is 15.9 Å². The number of carbonyl (C=O) groups is 1. The third-order valence-corrected chi connectivity index (χ3v) is 7.15. The number of sulfonamides is 1. The molecule has 6 nitrogen and oxygen atoms in total. The number of amides is 1. The molecule has 0 aromatic heterocycles. The molecule has 3 rings (SSSR count). The Kier molecular flexibility index (Phi) is 6.74. The first-order chi connectivity index (χ1) is 13.4. The molecule has 8 heteroatoms. The number of nitrogens with zero attached hydrogens (tertiary/aromatic N) is 1. The first kappa shape index (κ1) is 20.8. The van der Waals surface area contributed by atoms with Gasteiger partial charge in [-0.2, -0.15) is 4.31 Å². The molecule has 2 aromatic carbocycles. The maximum Gasteiger partial charge on any atom is 0.243 e. The molecule has 1 fully saturated rings. The van der Waals surface area contributed by atoms with Crippen LogP contribution < -0.4 is 10.1 Å². The summed E-state index contributed by atoms with van der Waals surface area (Å²) in [5.41, 5.74) is 0.734. The molecule has 0 aliphatic carbocycles. The molecular formula is C20H23BrN2O4S. The Morgan fingerprint density at radius 1 is 1.11 bits per heavy atom. The van der Waals surface area contributed by atoms with Crippen LogP contribution in [-0.4, -0.2) is 38.3 Å². The van der Waals surface area contributed by atoms with Crippen LogP contribution in [0, 0.1) is 5.92 Å². The Morgan fingerprint density at radius 2 is 1.71 bits per heavy atom. The number of ether oxygens (including phenoxy) is 1. The molecule has 150 valence electrons. The summed E-state index contributed by atoms with van der Waals surface area (Å²) in [4.78, 5) is 12.7. The van der Waals surface area contributed by atoms with E-state index in [1.807, 2.05) is 31.2 Å². The lowest BCUT2D eigenvalue weighted by atomic mass is 9.97. The predicted molar refractivity (Wildman–Crippen MR) is 112 cm³/mol. The van der Waals surface area contributed by atoms with E-state index in [2.05, 4.69) is 21.2 Å². The lowest BCUT2D eigenvalue weighted by Crippen LogP contribution is -2.41. The topological polar surface area (TPSA) is 75.7 Å². The number of benzene rings is 2. The molecule has 1 aliphatic rings. The molecule has 28 heavy (non-hydrogen) atoms. The van der Waals surface area contributed by atoms with Gasteiger partial charge in [0.2, 0.25) is 15.9 Å². The summed E-state index contributed by atoms with van der Waals surface area (Å²) < 4.78 is 33.4. The van der Waals surface area contributed by atoms with Gasteiger partial charge in [0.15, 0.2) is 0 Å². The normalized spacial score (nSPS) is 15.9. The SMILES string of the molecule is CCOc1ccc(S(=O)(=O)N2CCC(C(=O)Nc3ccc(Br)cc3)CC2)cc1. The van der Waals surface area contributed by atoms with E-state index in [-0.39, 0.29) is 16.7 Å². The van der Waals surface area contributed by atoms with Crippen LogP contribution in [0.5, 0.6) is 5.75 Å². The Labute approximate surface area is 174 Å². The van der Waals surface area contributed by atoms with Gasteiger partial charge in [0, 0.05) is 29.2 Å². The number of hydrogen-bond donors (Lipinski definition) is 1. The summed E-state index contributed by atoms with van der Waals surface area (Å²) in [6.07, 6.45) is 0.997. The number of rotatable bonds is 6. The van der Waals surface area contributed by atoms with Crippen LogP contribution in [0.4, 0.5) is 5.69 Å². The average molecular weight is 467 g/mol. The largest absolute Gasteiger partial charge is 0.494 e. The lowest BCUT2D eigenvalue weighted by Gasteiger charge is -2.30. The highest BCUT2D eigenvalue weighted by atomic mass is 79.9. The highest BCUT2D eigenvalue weighted by molar-refractivity contribution is 9.10. The summed E-state index contributed by atoms with van der Waals surface area (Å²) in [6.45, 7) is 3.06. The Balaban J connectivity index is 1.59. The molecule has 0 saturated carbocycles. The quantitative estimate of drug-likeness (QED) is 0.700. The van der Waals surface area contributed by atoms with Gasteiger partial charge < -0.3 is 10.1 Å². The minimum Gasteiger partial charge on any atom is -0.494 e. The number of nitrogens with one attached hydrogen (secondary N) is 1. The molecule has 1 saturated heterocycles. The summed E-state index contributed by atoms with van der Waals surface area (Å²) >= 11 is 3.36. The van der Waals surface area contributed by atoms with E-state index in [0.29, 0.717) is 38.3 Å². The van der Waals surface area contributed by atoms with E-state index in [9.17, 15) is 13.2 Å². The molecule has 1 aliphatic heterocycles. The van der Waals surface area contributed by atoms with Crippen molar-refractivity contribution >= 4 is 37.5 Å². The van der Waals surface area contributed by atoms with Crippen molar-refractivity contribution in [3.05, 3.63) is 53.0 Å². The van der Waals surface area contributed by atoms with Crippen molar-refractivity contribution in [3.8, 4) is 5.75 Å². The molecule has 0 radical (unpaired) electrons. The molecule has 0 spiro atoms. The van der Waals surface area contributed by atoms with E-state index in [1.54, 1.807) is 24.3 Å². The monoisotopic (exact) mass is 466 g/mol. The summed E-state index contributed by atoms with van der Waals surface area (Å²) in [7, 11) is -3.57. The van der Waals surface area contributed by atoms with Gasteiger partial charge in [0.1, 0.15) is 5.75 Å². The van der Waals surface area contributed by atoms with E-state index in [0.717, 1.165) is 10.2 Å². The van der Waals surface area contributed by atoms with Crippen LogP contribution >= 0.6 is 15.9 Å². The molecule has 0 atom stereocenters. The molecule has 0 unspecified atom stereocenters. The number of hydrogen-bond acceptors (Lipinski definition) is 4. The molecule has 1 amide bonds. The summed E-state index contributed by atoms with van der Waals surface area (Å²) in [5.74, 6) is 0.376.